The maximum Gasteiger partial charge on any atom is 0.242 e. The fourth-order valence-corrected chi connectivity index (χ4v) is 3.69. The van der Waals surface area contributed by atoms with E-state index in [1.807, 2.05) is 4.90 Å². The summed E-state index contributed by atoms with van der Waals surface area (Å²) < 4.78 is 31.9. The summed E-state index contributed by atoms with van der Waals surface area (Å²) in [5.41, 5.74) is -0.114. The molecule has 22 heavy (non-hydrogen) atoms. The highest BCUT2D eigenvalue weighted by Crippen LogP contribution is 2.43. The second-order valence-corrected chi connectivity index (χ2v) is 7.43. The summed E-state index contributed by atoms with van der Waals surface area (Å²) in [5, 5.41) is 0. The number of ether oxygens (including phenoxy) is 1. The van der Waals surface area contributed by atoms with Gasteiger partial charge in [0, 0.05) is 31.9 Å². The van der Waals surface area contributed by atoms with E-state index in [2.05, 4.69) is 9.71 Å². The van der Waals surface area contributed by atoms with E-state index in [1.54, 1.807) is 6.07 Å². The molecule has 0 radical (unpaired) electrons. The van der Waals surface area contributed by atoms with Crippen LogP contribution in [-0.2, 0) is 19.6 Å². The quantitative estimate of drug-likeness (QED) is 0.832. The Balaban J connectivity index is 1.54. The van der Waals surface area contributed by atoms with Gasteiger partial charge in [0.2, 0.25) is 15.9 Å². The van der Waals surface area contributed by atoms with E-state index in [9.17, 15) is 13.2 Å². The number of carbonyl (C=O) groups excluding carboxylic acids is 1. The second-order valence-electron chi connectivity index (χ2n) is 5.66. The van der Waals surface area contributed by atoms with Crippen LogP contribution >= 0.6 is 0 Å². The third-order valence-electron chi connectivity index (χ3n) is 4.11. The van der Waals surface area contributed by atoms with Gasteiger partial charge in [-0.2, -0.15) is 0 Å². The molecule has 2 heterocycles. The molecule has 8 heteroatoms. The minimum absolute atomic E-state index is 0.0188. The first-order valence-corrected chi connectivity index (χ1v) is 8.80. The first kappa shape index (κ1) is 15.4. The zero-order valence-electron chi connectivity index (χ0n) is 12.2. The van der Waals surface area contributed by atoms with Crippen molar-refractivity contribution in [3.05, 3.63) is 24.5 Å². The fourth-order valence-electron chi connectivity index (χ4n) is 2.70. The molecule has 0 unspecified atom stereocenters. The average Bonchev–Trinajstić information content (AvgIpc) is 3.28. The Morgan fingerprint density at radius 2 is 2.27 bits per heavy atom. The summed E-state index contributed by atoms with van der Waals surface area (Å²) in [6, 6.07) is 3.03. The molecule has 120 valence electrons. The largest absolute Gasteiger partial charge is 0.377 e. The molecule has 1 aliphatic carbocycles. The first-order chi connectivity index (χ1) is 10.5. The van der Waals surface area contributed by atoms with Crippen molar-refractivity contribution in [3.8, 4) is 0 Å². The molecule has 1 saturated carbocycles. The summed E-state index contributed by atoms with van der Waals surface area (Å²) in [7, 11) is -3.61. The van der Waals surface area contributed by atoms with Crippen LogP contribution in [0.3, 0.4) is 0 Å². The zero-order chi connectivity index (χ0) is 15.6. The number of sulfonamides is 1. The number of nitrogens with one attached hydrogen (secondary N) is 1. The van der Waals surface area contributed by atoms with Gasteiger partial charge in [0.15, 0.2) is 0 Å². The SMILES string of the molecule is O=C(CCNS(=O)(=O)c1cccnc1)N1CCOCC12CC2. The Morgan fingerprint density at radius 1 is 1.45 bits per heavy atom. The van der Waals surface area contributed by atoms with Crippen LogP contribution in [0.5, 0.6) is 0 Å². The van der Waals surface area contributed by atoms with Gasteiger partial charge in [-0.25, -0.2) is 13.1 Å². The van der Waals surface area contributed by atoms with Gasteiger partial charge in [-0.15, -0.1) is 0 Å². The molecule has 7 nitrogen and oxygen atoms in total. The molecule has 2 aliphatic rings. The Kier molecular flexibility index (Phi) is 4.16. The molecule has 0 atom stereocenters. The lowest BCUT2D eigenvalue weighted by Crippen LogP contribution is -2.51. The molecule has 0 aromatic carbocycles. The minimum atomic E-state index is -3.61. The number of hydrogen-bond donors (Lipinski definition) is 1. The van der Waals surface area contributed by atoms with Crippen LogP contribution in [0.4, 0.5) is 0 Å². The molecular formula is C14H19N3O4S. The van der Waals surface area contributed by atoms with Crippen molar-refractivity contribution in [1.29, 1.82) is 0 Å². The number of amides is 1. The molecule has 1 saturated heterocycles. The van der Waals surface area contributed by atoms with Gasteiger partial charge in [0.1, 0.15) is 4.90 Å². The van der Waals surface area contributed by atoms with Crippen molar-refractivity contribution in [1.82, 2.24) is 14.6 Å². The van der Waals surface area contributed by atoms with Crippen molar-refractivity contribution < 1.29 is 17.9 Å². The number of carbonyl (C=O) groups is 1. The van der Waals surface area contributed by atoms with Crippen LogP contribution in [-0.4, -0.2) is 56.1 Å². The third-order valence-corrected chi connectivity index (χ3v) is 5.55. The van der Waals surface area contributed by atoms with E-state index in [-0.39, 0.29) is 29.3 Å². The number of nitrogens with zero attached hydrogens (tertiary/aromatic N) is 2. The van der Waals surface area contributed by atoms with Gasteiger partial charge < -0.3 is 9.64 Å². The van der Waals surface area contributed by atoms with Crippen LogP contribution in [0.15, 0.2) is 29.4 Å². The summed E-state index contributed by atoms with van der Waals surface area (Å²) in [6.45, 7) is 1.83. The zero-order valence-corrected chi connectivity index (χ0v) is 13.0. The first-order valence-electron chi connectivity index (χ1n) is 7.31. The molecule has 1 amide bonds. The van der Waals surface area contributed by atoms with Gasteiger partial charge in [-0.1, -0.05) is 0 Å². The molecular weight excluding hydrogens is 306 g/mol. The maximum absolute atomic E-state index is 12.3. The van der Waals surface area contributed by atoms with Crippen LogP contribution in [0.2, 0.25) is 0 Å². The van der Waals surface area contributed by atoms with Crippen LogP contribution < -0.4 is 4.72 Å². The van der Waals surface area contributed by atoms with E-state index in [0.29, 0.717) is 19.8 Å². The second kappa shape index (κ2) is 5.94. The van der Waals surface area contributed by atoms with Crippen molar-refractivity contribution in [2.24, 2.45) is 0 Å². The molecule has 1 aliphatic heterocycles. The fraction of sp³-hybridized carbons (Fsp3) is 0.571. The normalized spacial score (nSPS) is 20.1. The highest BCUT2D eigenvalue weighted by atomic mass is 32.2. The summed E-state index contributed by atoms with van der Waals surface area (Å²) in [4.78, 5) is 18.0. The number of morpholine rings is 1. The standard InChI is InChI=1S/C14H19N3O4S/c18-13(17-8-9-21-11-14(17)4-5-14)3-7-16-22(19,20)12-2-1-6-15-10-12/h1-2,6,10,16H,3-5,7-9,11H2. The predicted octanol–water partition coefficient (Wildman–Crippen LogP) is 0.141. The molecule has 0 bridgehead atoms. The average molecular weight is 325 g/mol. The van der Waals surface area contributed by atoms with Crippen molar-refractivity contribution in [2.75, 3.05) is 26.3 Å². The van der Waals surface area contributed by atoms with Crippen molar-refractivity contribution >= 4 is 15.9 Å². The molecule has 1 aromatic rings. The van der Waals surface area contributed by atoms with Gasteiger partial charge >= 0.3 is 0 Å². The Bertz CT molecular complexity index is 643. The topological polar surface area (TPSA) is 88.6 Å². The number of hydrogen-bond acceptors (Lipinski definition) is 5. The van der Waals surface area contributed by atoms with E-state index in [4.69, 9.17) is 4.74 Å². The molecule has 1 N–H and O–H groups in total. The van der Waals surface area contributed by atoms with Gasteiger partial charge in [-0.3, -0.25) is 9.78 Å². The van der Waals surface area contributed by atoms with Gasteiger partial charge in [0.05, 0.1) is 18.8 Å². The Hall–Kier alpha value is -1.51. The predicted molar refractivity (Wildman–Crippen MR) is 78.5 cm³/mol. The Morgan fingerprint density at radius 3 is 2.95 bits per heavy atom. The third kappa shape index (κ3) is 3.13. The van der Waals surface area contributed by atoms with Gasteiger partial charge in [-0.05, 0) is 25.0 Å². The van der Waals surface area contributed by atoms with E-state index in [0.717, 1.165) is 12.8 Å². The lowest BCUT2D eigenvalue weighted by atomic mass is 10.2. The number of aromatic nitrogens is 1. The summed E-state index contributed by atoms with van der Waals surface area (Å²) in [6.07, 6.45) is 4.89. The van der Waals surface area contributed by atoms with Crippen molar-refractivity contribution in [3.63, 3.8) is 0 Å². The number of rotatable bonds is 5. The van der Waals surface area contributed by atoms with E-state index >= 15 is 0 Å². The highest BCUT2D eigenvalue weighted by Gasteiger charge is 2.51. The maximum atomic E-state index is 12.3. The van der Waals surface area contributed by atoms with Crippen LogP contribution in [0, 0.1) is 0 Å². The smallest absolute Gasteiger partial charge is 0.242 e. The Labute approximate surface area is 129 Å². The summed E-state index contributed by atoms with van der Waals surface area (Å²) in [5.74, 6) is -0.0188. The molecule has 1 spiro atoms. The molecule has 3 rings (SSSR count). The van der Waals surface area contributed by atoms with Crippen LogP contribution in [0.25, 0.3) is 0 Å². The number of pyridine rings is 1. The van der Waals surface area contributed by atoms with Crippen molar-refractivity contribution in [2.45, 2.75) is 29.7 Å². The lowest BCUT2D eigenvalue weighted by molar-refractivity contribution is -0.141. The van der Waals surface area contributed by atoms with Gasteiger partial charge in [0.25, 0.3) is 0 Å². The monoisotopic (exact) mass is 325 g/mol. The molecule has 1 aromatic heterocycles. The summed E-state index contributed by atoms with van der Waals surface area (Å²) >= 11 is 0. The lowest BCUT2D eigenvalue weighted by Gasteiger charge is -2.36. The minimum Gasteiger partial charge on any atom is -0.377 e. The highest BCUT2D eigenvalue weighted by molar-refractivity contribution is 7.89. The van der Waals surface area contributed by atoms with Crippen LogP contribution in [0.1, 0.15) is 19.3 Å². The van der Waals surface area contributed by atoms with E-state index in [1.165, 1.54) is 18.5 Å². The molecule has 2 fully saturated rings. The van der Waals surface area contributed by atoms with E-state index < -0.39 is 10.0 Å².